The molecule has 10 heteroatoms. The van der Waals surface area contributed by atoms with E-state index in [0.29, 0.717) is 24.0 Å². The molecule has 38 heavy (non-hydrogen) atoms. The molecule has 198 valence electrons. The Kier molecular flexibility index (Phi) is 8.33. The molecule has 1 atom stereocenters. The summed E-state index contributed by atoms with van der Waals surface area (Å²) in [5.41, 5.74) is 0.928. The quantitative estimate of drug-likeness (QED) is 0.295. The zero-order valence-corrected chi connectivity index (χ0v) is 21.9. The molecule has 0 saturated carbocycles. The third-order valence-electron chi connectivity index (χ3n) is 6.20. The zero-order valence-electron chi connectivity index (χ0n) is 21.0. The Morgan fingerprint density at radius 3 is 2.32 bits per heavy atom. The van der Waals surface area contributed by atoms with E-state index in [2.05, 4.69) is 9.97 Å². The topological polar surface area (TPSA) is 111 Å². The summed E-state index contributed by atoms with van der Waals surface area (Å²) in [7, 11) is -2.95. The minimum absolute atomic E-state index is 0.112. The van der Waals surface area contributed by atoms with Crippen LogP contribution in [0.15, 0.2) is 87.5 Å². The van der Waals surface area contributed by atoms with E-state index in [-0.39, 0.29) is 17.3 Å². The van der Waals surface area contributed by atoms with Gasteiger partial charge in [0.05, 0.1) is 17.5 Å². The number of aryl methyl sites for hydroxylation is 1. The number of aromatic nitrogens is 3. The van der Waals surface area contributed by atoms with Crippen LogP contribution in [0.2, 0.25) is 0 Å². The summed E-state index contributed by atoms with van der Waals surface area (Å²) in [6, 6.07) is 17.0. The summed E-state index contributed by atoms with van der Waals surface area (Å²) < 4.78 is 47.3. The van der Waals surface area contributed by atoms with Gasteiger partial charge in [0, 0.05) is 25.3 Å². The highest BCUT2D eigenvalue weighted by Gasteiger charge is 2.32. The number of sulfone groups is 1. The van der Waals surface area contributed by atoms with Crippen LogP contribution in [0.25, 0.3) is 11.1 Å². The molecule has 0 aliphatic heterocycles. The van der Waals surface area contributed by atoms with Crippen molar-refractivity contribution in [2.45, 2.75) is 42.0 Å². The Hall–Kier alpha value is -3.89. The molecule has 0 saturated heterocycles. The van der Waals surface area contributed by atoms with E-state index in [0.717, 1.165) is 12.0 Å². The number of methoxy groups -OCH3 is 1. The first kappa shape index (κ1) is 27.2. The first-order chi connectivity index (χ1) is 18.3. The Morgan fingerprint density at radius 2 is 1.71 bits per heavy atom. The van der Waals surface area contributed by atoms with Crippen LogP contribution in [0.3, 0.4) is 0 Å². The number of pyridine rings is 1. The first-order valence-corrected chi connectivity index (χ1v) is 13.6. The normalized spacial score (nSPS) is 12.4. The van der Waals surface area contributed by atoms with Gasteiger partial charge >= 0.3 is 0 Å². The van der Waals surface area contributed by atoms with Crippen LogP contribution in [0.1, 0.15) is 37.2 Å². The van der Waals surface area contributed by atoms with Crippen molar-refractivity contribution >= 4 is 9.84 Å². The van der Waals surface area contributed by atoms with Crippen molar-refractivity contribution < 1.29 is 22.7 Å². The van der Waals surface area contributed by atoms with Gasteiger partial charge in [0.15, 0.2) is 4.90 Å². The second-order valence-corrected chi connectivity index (χ2v) is 10.6. The second-order valence-electron chi connectivity index (χ2n) is 8.74. The minimum Gasteiger partial charge on any atom is -0.493 e. The molecule has 0 fully saturated rings. The van der Waals surface area contributed by atoms with Gasteiger partial charge in [-0.1, -0.05) is 55.8 Å². The molecule has 0 bridgehead atoms. The molecular weight excluding hydrogens is 509 g/mol. The number of ether oxygens (including phenoxy) is 1. The van der Waals surface area contributed by atoms with Gasteiger partial charge in [0.2, 0.25) is 21.7 Å². The molecule has 2 aromatic heterocycles. The van der Waals surface area contributed by atoms with Crippen molar-refractivity contribution in [3.8, 4) is 17.0 Å². The van der Waals surface area contributed by atoms with Crippen LogP contribution in [-0.2, 0) is 21.0 Å². The van der Waals surface area contributed by atoms with Gasteiger partial charge in [-0.25, -0.2) is 13.4 Å². The predicted octanol–water partition coefficient (Wildman–Crippen LogP) is 4.56. The summed E-state index contributed by atoms with van der Waals surface area (Å²) in [5.74, 6) is -1.04. The maximum absolute atomic E-state index is 13.7. The van der Waals surface area contributed by atoms with Crippen LogP contribution < -0.4 is 5.56 Å². The van der Waals surface area contributed by atoms with Crippen LogP contribution in [-0.4, -0.2) is 41.8 Å². The van der Waals surface area contributed by atoms with Gasteiger partial charge in [0.25, 0.3) is 5.56 Å². The van der Waals surface area contributed by atoms with Gasteiger partial charge in [0.1, 0.15) is 5.82 Å². The third kappa shape index (κ3) is 5.51. The molecule has 8 nitrogen and oxygen atoms in total. The fraction of sp³-hybridized carbons (Fsp3) is 0.250. The lowest BCUT2D eigenvalue weighted by atomic mass is 10.1. The van der Waals surface area contributed by atoms with Crippen molar-refractivity contribution in [2.24, 2.45) is 0 Å². The van der Waals surface area contributed by atoms with E-state index < -0.39 is 38.2 Å². The van der Waals surface area contributed by atoms with Gasteiger partial charge in [-0.15, -0.1) is 0 Å². The van der Waals surface area contributed by atoms with Crippen LogP contribution >= 0.6 is 0 Å². The zero-order chi connectivity index (χ0) is 27.3. The molecule has 2 heterocycles. The number of nitrogens with zero attached hydrogens (tertiary/aromatic N) is 3. The fourth-order valence-electron chi connectivity index (χ4n) is 4.27. The van der Waals surface area contributed by atoms with Crippen molar-refractivity contribution in [3.05, 3.63) is 101 Å². The van der Waals surface area contributed by atoms with Crippen LogP contribution in [0, 0.1) is 5.95 Å². The molecule has 0 aliphatic rings. The highest BCUT2D eigenvalue weighted by molar-refractivity contribution is 7.91. The molecule has 4 aromatic rings. The van der Waals surface area contributed by atoms with Crippen LogP contribution in [0.4, 0.5) is 4.39 Å². The largest absolute Gasteiger partial charge is 0.493 e. The number of hydrogen-bond acceptors (Lipinski definition) is 7. The van der Waals surface area contributed by atoms with E-state index in [4.69, 9.17) is 4.74 Å². The van der Waals surface area contributed by atoms with E-state index in [1.807, 2.05) is 37.3 Å². The number of rotatable bonds is 10. The number of benzene rings is 2. The number of hydrogen-bond donors (Lipinski definition) is 1. The van der Waals surface area contributed by atoms with Crippen molar-refractivity contribution in [1.29, 1.82) is 0 Å². The SMILES string of the molecule is CCCCc1nc(=O)c(S(=O)(=O)c2ccc(-c3ccc(F)nc3)cc2)c(O)n1[C@@H](COC)c1ccccc1. The van der Waals surface area contributed by atoms with E-state index in [9.17, 15) is 22.7 Å². The fourth-order valence-corrected chi connectivity index (χ4v) is 5.61. The van der Waals surface area contributed by atoms with E-state index in [1.54, 1.807) is 0 Å². The molecule has 4 rings (SSSR count). The Morgan fingerprint density at radius 1 is 1.03 bits per heavy atom. The van der Waals surface area contributed by atoms with Crippen molar-refractivity contribution in [2.75, 3.05) is 13.7 Å². The predicted molar refractivity (Wildman–Crippen MR) is 140 cm³/mol. The summed E-state index contributed by atoms with van der Waals surface area (Å²) in [4.78, 5) is 19.8. The molecule has 0 aliphatic carbocycles. The van der Waals surface area contributed by atoms with Crippen molar-refractivity contribution in [3.63, 3.8) is 0 Å². The monoisotopic (exact) mass is 537 g/mol. The molecule has 0 amide bonds. The van der Waals surface area contributed by atoms with E-state index in [1.165, 1.54) is 54.3 Å². The third-order valence-corrected chi connectivity index (χ3v) is 7.99. The second kappa shape index (κ2) is 11.7. The maximum Gasteiger partial charge on any atom is 0.296 e. The molecule has 1 N–H and O–H groups in total. The number of unbranched alkanes of at least 4 members (excludes halogenated alkanes) is 1. The summed E-state index contributed by atoms with van der Waals surface area (Å²) in [6.45, 7) is 2.10. The molecule has 0 unspecified atom stereocenters. The maximum atomic E-state index is 13.7. The number of aromatic hydroxyl groups is 1. The highest BCUT2D eigenvalue weighted by Crippen LogP contribution is 2.32. The smallest absolute Gasteiger partial charge is 0.296 e. The molecule has 2 aromatic carbocycles. The van der Waals surface area contributed by atoms with Gasteiger partial charge in [-0.05, 0) is 41.8 Å². The standard InChI is InChI=1S/C28H28FN3O5S/c1-3-4-10-25-31-27(33)26(28(34)32(25)23(18-37-2)20-8-6-5-7-9-20)38(35,36)22-14-11-19(12-15-22)21-13-16-24(29)30-17-21/h5-9,11-17,23,34H,3-4,10,18H2,1-2H3/t23-/m0/s1. The lowest BCUT2D eigenvalue weighted by Gasteiger charge is -2.25. The highest BCUT2D eigenvalue weighted by atomic mass is 32.2. The van der Waals surface area contributed by atoms with Gasteiger partial charge in [-0.2, -0.15) is 9.37 Å². The number of halogens is 1. The average molecular weight is 538 g/mol. The summed E-state index contributed by atoms with van der Waals surface area (Å²) in [5, 5.41) is 11.4. The van der Waals surface area contributed by atoms with Gasteiger partial charge < -0.3 is 9.84 Å². The molecule has 0 spiro atoms. The lowest BCUT2D eigenvalue weighted by Crippen LogP contribution is -2.29. The molecule has 0 radical (unpaired) electrons. The summed E-state index contributed by atoms with van der Waals surface area (Å²) in [6.07, 6.45) is 3.20. The van der Waals surface area contributed by atoms with Crippen molar-refractivity contribution in [1.82, 2.24) is 14.5 Å². The average Bonchev–Trinajstić information content (AvgIpc) is 2.92. The Bertz CT molecular complexity index is 1560. The van der Waals surface area contributed by atoms with Crippen LogP contribution in [0.5, 0.6) is 5.88 Å². The molecular formula is C28H28FN3O5S. The Balaban J connectivity index is 1.85. The van der Waals surface area contributed by atoms with E-state index >= 15 is 0 Å². The van der Waals surface area contributed by atoms with Gasteiger partial charge in [-0.3, -0.25) is 9.36 Å². The lowest BCUT2D eigenvalue weighted by molar-refractivity contribution is 0.161. The summed E-state index contributed by atoms with van der Waals surface area (Å²) >= 11 is 0. The first-order valence-electron chi connectivity index (χ1n) is 12.1. The minimum atomic E-state index is -4.46. The Labute approximate surface area is 220 Å².